The van der Waals surface area contributed by atoms with Crippen molar-refractivity contribution in [2.45, 2.75) is 45.2 Å². The van der Waals surface area contributed by atoms with Gasteiger partial charge in [-0.3, -0.25) is 0 Å². The summed E-state index contributed by atoms with van der Waals surface area (Å²) in [6.07, 6.45) is 1.86. The number of alkyl halides is 3. The lowest BCUT2D eigenvalue weighted by atomic mass is 9.82. The van der Waals surface area contributed by atoms with E-state index in [1.807, 2.05) is 4.90 Å². The predicted molar refractivity (Wildman–Crippen MR) is 70.0 cm³/mol. The Morgan fingerprint density at radius 1 is 1.26 bits per heavy atom. The molecule has 1 saturated carbocycles. The number of hydrogen-bond donors (Lipinski definition) is 1. The van der Waals surface area contributed by atoms with Crippen molar-refractivity contribution >= 4 is 0 Å². The Kier molecular flexibility index (Phi) is 4.77. The molecule has 19 heavy (non-hydrogen) atoms. The SMILES string of the molecule is CCC1(CN2CCNCC(C(F)(F)F)C2)CCCC1. The molecule has 2 fully saturated rings. The molecular weight excluding hydrogens is 253 g/mol. The van der Waals surface area contributed by atoms with E-state index in [2.05, 4.69) is 12.2 Å². The molecule has 1 aliphatic heterocycles. The minimum Gasteiger partial charge on any atom is -0.315 e. The Morgan fingerprint density at radius 3 is 2.53 bits per heavy atom. The van der Waals surface area contributed by atoms with Crippen LogP contribution >= 0.6 is 0 Å². The van der Waals surface area contributed by atoms with E-state index in [0.29, 0.717) is 6.54 Å². The van der Waals surface area contributed by atoms with Crippen LogP contribution in [0.2, 0.25) is 0 Å². The van der Waals surface area contributed by atoms with E-state index in [9.17, 15) is 13.2 Å². The van der Waals surface area contributed by atoms with Crippen molar-refractivity contribution < 1.29 is 13.2 Å². The minimum absolute atomic E-state index is 0.0686. The lowest BCUT2D eigenvalue weighted by molar-refractivity contribution is -0.176. The molecule has 5 heteroatoms. The third kappa shape index (κ3) is 3.85. The second-order valence-electron chi connectivity index (χ2n) is 6.24. The molecule has 2 rings (SSSR count). The number of rotatable bonds is 3. The van der Waals surface area contributed by atoms with Crippen LogP contribution in [0.5, 0.6) is 0 Å². The van der Waals surface area contributed by atoms with Crippen LogP contribution in [0.3, 0.4) is 0 Å². The fraction of sp³-hybridized carbons (Fsp3) is 1.00. The van der Waals surface area contributed by atoms with E-state index >= 15 is 0 Å². The fourth-order valence-corrected chi connectivity index (χ4v) is 3.57. The quantitative estimate of drug-likeness (QED) is 0.853. The molecule has 1 atom stereocenters. The molecule has 1 N–H and O–H groups in total. The molecule has 0 aromatic rings. The Bertz CT molecular complexity index is 285. The lowest BCUT2D eigenvalue weighted by Gasteiger charge is -2.35. The molecule has 0 radical (unpaired) electrons. The van der Waals surface area contributed by atoms with E-state index < -0.39 is 12.1 Å². The normalized spacial score (nSPS) is 29.4. The second kappa shape index (κ2) is 6.00. The van der Waals surface area contributed by atoms with Crippen molar-refractivity contribution in [1.29, 1.82) is 0 Å². The van der Waals surface area contributed by atoms with Crippen LogP contribution in [0.1, 0.15) is 39.0 Å². The molecule has 0 aromatic heterocycles. The maximum Gasteiger partial charge on any atom is 0.394 e. The van der Waals surface area contributed by atoms with Gasteiger partial charge in [0, 0.05) is 32.7 Å². The first-order valence-corrected chi connectivity index (χ1v) is 7.45. The number of nitrogens with one attached hydrogen (secondary N) is 1. The molecule has 0 amide bonds. The monoisotopic (exact) mass is 278 g/mol. The summed E-state index contributed by atoms with van der Waals surface area (Å²) in [5, 5.41) is 2.93. The van der Waals surface area contributed by atoms with Gasteiger partial charge >= 0.3 is 6.18 Å². The predicted octanol–water partition coefficient (Wildman–Crippen LogP) is 3.04. The van der Waals surface area contributed by atoms with Gasteiger partial charge in [-0.1, -0.05) is 19.8 Å². The number of nitrogens with zero attached hydrogens (tertiary/aromatic N) is 1. The first kappa shape index (κ1) is 15.1. The van der Waals surface area contributed by atoms with Crippen molar-refractivity contribution in [3.8, 4) is 0 Å². The average Bonchev–Trinajstić information content (AvgIpc) is 2.67. The Morgan fingerprint density at radius 2 is 1.95 bits per heavy atom. The molecule has 1 aliphatic carbocycles. The van der Waals surface area contributed by atoms with Crippen LogP contribution in [0.15, 0.2) is 0 Å². The number of halogens is 3. The van der Waals surface area contributed by atoms with Crippen LogP contribution in [0, 0.1) is 11.3 Å². The van der Waals surface area contributed by atoms with Crippen LogP contribution in [0.4, 0.5) is 13.2 Å². The highest BCUT2D eigenvalue weighted by Gasteiger charge is 2.42. The molecule has 1 unspecified atom stereocenters. The molecule has 0 aromatic carbocycles. The summed E-state index contributed by atoms with van der Waals surface area (Å²) >= 11 is 0. The summed E-state index contributed by atoms with van der Waals surface area (Å²) in [4.78, 5) is 2.05. The highest BCUT2D eigenvalue weighted by atomic mass is 19.4. The van der Waals surface area contributed by atoms with E-state index in [-0.39, 0.29) is 18.5 Å². The van der Waals surface area contributed by atoms with Gasteiger partial charge in [0.05, 0.1) is 5.92 Å². The van der Waals surface area contributed by atoms with Gasteiger partial charge in [0.25, 0.3) is 0 Å². The molecule has 1 heterocycles. The van der Waals surface area contributed by atoms with Crippen LogP contribution in [0.25, 0.3) is 0 Å². The molecule has 112 valence electrons. The van der Waals surface area contributed by atoms with Gasteiger partial charge in [0.2, 0.25) is 0 Å². The van der Waals surface area contributed by atoms with Crippen LogP contribution in [-0.2, 0) is 0 Å². The Balaban J connectivity index is 1.98. The minimum atomic E-state index is -4.08. The third-order valence-electron chi connectivity index (χ3n) is 4.91. The van der Waals surface area contributed by atoms with E-state index in [1.54, 1.807) is 0 Å². The van der Waals surface area contributed by atoms with Crippen LogP contribution in [-0.4, -0.2) is 43.8 Å². The smallest absolute Gasteiger partial charge is 0.315 e. The van der Waals surface area contributed by atoms with E-state index in [4.69, 9.17) is 0 Å². The fourth-order valence-electron chi connectivity index (χ4n) is 3.57. The number of hydrogen-bond acceptors (Lipinski definition) is 2. The van der Waals surface area contributed by atoms with Crippen molar-refractivity contribution in [3.05, 3.63) is 0 Å². The standard InChI is InChI=1S/C14H25F3N2/c1-2-13(5-3-4-6-13)11-19-8-7-18-9-12(10-19)14(15,16)17/h12,18H,2-11H2,1H3. The van der Waals surface area contributed by atoms with Gasteiger partial charge in [-0.05, 0) is 24.7 Å². The van der Waals surface area contributed by atoms with E-state index in [1.165, 1.54) is 25.7 Å². The summed E-state index contributed by atoms with van der Waals surface area (Å²) in [5.74, 6) is -1.22. The van der Waals surface area contributed by atoms with Crippen molar-refractivity contribution in [2.24, 2.45) is 11.3 Å². The van der Waals surface area contributed by atoms with E-state index in [0.717, 1.165) is 19.5 Å². The molecular formula is C14H25F3N2. The zero-order valence-electron chi connectivity index (χ0n) is 11.7. The third-order valence-corrected chi connectivity index (χ3v) is 4.91. The summed E-state index contributed by atoms with van der Waals surface area (Å²) in [6.45, 7) is 4.68. The first-order valence-electron chi connectivity index (χ1n) is 7.45. The second-order valence-corrected chi connectivity index (χ2v) is 6.24. The Labute approximate surface area is 113 Å². The largest absolute Gasteiger partial charge is 0.394 e. The Hall–Kier alpha value is -0.290. The van der Waals surface area contributed by atoms with Crippen molar-refractivity contribution in [2.75, 3.05) is 32.7 Å². The molecule has 0 bridgehead atoms. The zero-order chi connectivity index (χ0) is 13.9. The summed E-state index contributed by atoms with van der Waals surface area (Å²) in [6, 6.07) is 0. The van der Waals surface area contributed by atoms with Gasteiger partial charge < -0.3 is 10.2 Å². The molecule has 2 nitrogen and oxygen atoms in total. The topological polar surface area (TPSA) is 15.3 Å². The highest BCUT2D eigenvalue weighted by Crippen LogP contribution is 2.42. The first-order chi connectivity index (χ1) is 8.95. The molecule has 2 aliphatic rings. The molecule has 0 spiro atoms. The van der Waals surface area contributed by atoms with Gasteiger partial charge in [-0.2, -0.15) is 13.2 Å². The van der Waals surface area contributed by atoms with Crippen molar-refractivity contribution in [3.63, 3.8) is 0 Å². The zero-order valence-corrected chi connectivity index (χ0v) is 11.7. The summed E-state index contributed by atoms with van der Waals surface area (Å²) < 4.78 is 38.8. The summed E-state index contributed by atoms with van der Waals surface area (Å²) in [5.41, 5.74) is 0.278. The van der Waals surface area contributed by atoms with Gasteiger partial charge in [0.1, 0.15) is 0 Å². The van der Waals surface area contributed by atoms with Crippen molar-refractivity contribution in [1.82, 2.24) is 10.2 Å². The average molecular weight is 278 g/mol. The maximum atomic E-state index is 12.9. The van der Waals surface area contributed by atoms with Crippen LogP contribution < -0.4 is 5.32 Å². The molecule has 1 saturated heterocycles. The highest BCUT2D eigenvalue weighted by molar-refractivity contribution is 4.89. The van der Waals surface area contributed by atoms with Gasteiger partial charge in [0.15, 0.2) is 0 Å². The maximum absolute atomic E-state index is 12.9. The van der Waals surface area contributed by atoms with Gasteiger partial charge in [-0.15, -0.1) is 0 Å². The summed E-state index contributed by atoms with van der Waals surface area (Å²) in [7, 11) is 0. The lowest BCUT2D eigenvalue weighted by Crippen LogP contribution is -2.42. The van der Waals surface area contributed by atoms with Gasteiger partial charge in [-0.25, -0.2) is 0 Å².